The van der Waals surface area contributed by atoms with Crippen LogP contribution in [0.3, 0.4) is 0 Å². The summed E-state index contributed by atoms with van der Waals surface area (Å²) in [5, 5.41) is 13.6. The molecule has 0 radical (unpaired) electrons. The third-order valence-electron chi connectivity index (χ3n) is 4.75. The smallest absolute Gasteiger partial charge is 0.317 e. The van der Waals surface area contributed by atoms with Crippen molar-refractivity contribution in [1.29, 1.82) is 0 Å². The van der Waals surface area contributed by atoms with Crippen LogP contribution >= 0.6 is 0 Å². The molecular weight excluding hydrogens is 276 g/mol. The van der Waals surface area contributed by atoms with Crippen molar-refractivity contribution in [2.45, 2.75) is 37.8 Å². The predicted octanol–water partition coefficient (Wildman–Crippen LogP) is 2.86. The number of nitrogens with one attached hydrogen (secondary N) is 1. The summed E-state index contributed by atoms with van der Waals surface area (Å²) in [6, 6.07) is 10.1. The van der Waals surface area contributed by atoms with Gasteiger partial charge in [-0.15, -0.1) is 0 Å². The van der Waals surface area contributed by atoms with Crippen molar-refractivity contribution in [1.82, 2.24) is 10.2 Å². The lowest BCUT2D eigenvalue weighted by Gasteiger charge is -2.35. The molecule has 0 saturated carbocycles. The molecule has 2 amide bonds. The van der Waals surface area contributed by atoms with Crippen LogP contribution in [0.4, 0.5) is 4.79 Å². The quantitative estimate of drug-likeness (QED) is 0.843. The van der Waals surface area contributed by atoms with Gasteiger partial charge in [0.1, 0.15) is 0 Å². The minimum Gasteiger partial charge on any atom is -0.388 e. The first-order valence-electron chi connectivity index (χ1n) is 8.17. The van der Waals surface area contributed by atoms with Gasteiger partial charge in [-0.3, -0.25) is 0 Å². The molecule has 1 aliphatic heterocycles. The van der Waals surface area contributed by atoms with Crippen LogP contribution in [-0.2, 0) is 0 Å². The molecule has 1 aliphatic carbocycles. The Balaban J connectivity index is 1.48. The van der Waals surface area contributed by atoms with Gasteiger partial charge >= 0.3 is 6.03 Å². The summed E-state index contributed by atoms with van der Waals surface area (Å²) in [7, 11) is 0. The molecule has 1 atom stereocenters. The van der Waals surface area contributed by atoms with Gasteiger partial charge in [0.15, 0.2) is 0 Å². The number of aliphatic hydroxyl groups excluding tert-OH is 1. The fourth-order valence-electron chi connectivity index (χ4n) is 3.34. The van der Waals surface area contributed by atoms with Gasteiger partial charge < -0.3 is 15.3 Å². The molecule has 0 bridgehead atoms. The van der Waals surface area contributed by atoms with E-state index < -0.39 is 6.10 Å². The van der Waals surface area contributed by atoms with E-state index in [2.05, 4.69) is 17.5 Å². The minimum absolute atomic E-state index is 0.0429. The first kappa shape index (κ1) is 15.1. The number of carbonyl (C=O) groups excluding carboxylic acids is 1. The highest BCUT2D eigenvalue weighted by molar-refractivity contribution is 5.74. The van der Waals surface area contributed by atoms with Gasteiger partial charge in [0, 0.05) is 19.1 Å². The van der Waals surface area contributed by atoms with Crippen LogP contribution in [0, 0.1) is 5.92 Å². The number of likely N-dealkylation sites (tertiary alicyclic amines) is 1. The number of nitrogens with zero attached hydrogens (tertiary/aromatic N) is 1. The van der Waals surface area contributed by atoms with Crippen molar-refractivity contribution in [3.05, 3.63) is 48.0 Å². The van der Waals surface area contributed by atoms with Crippen molar-refractivity contribution < 1.29 is 9.90 Å². The second-order valence-corrected chi connectivity index (χ2v) is 6.27. The average molecular weight is 300 g/mol. The van der Waals surface area contributed by atoms with Crippen molar-refractivity contribution >= 4 is 6.03 Å². The summed E-state index contributed by atoms with van der Waals surface area (Å²) in [6.07, 6.45) is 7.40. The fourth-order valence-corrected chi connectivity index (χ4v) is 3.34. The molecule has 0 aromatic heterocycles. The molecule has 118 valence electrons. The van der Waals surface area contributed by atoms with Crippen molar-refractivity contribution in [2.75, 3.05) is 13.1 Å². The van der Waals surface area contributed by atoms with Gasteiger partial charge in [-0.05, 0) is 37.2 Å². The Morgan fingerprint density at radius 2 is 1.77 bits per heavy atom. The normalized spacial score (nSPS) is 21.0. The molecule has 2 aliphatic rings. The van der Waals surface area contributed by atoms with Gasteiger partial charge in [-0.2, -0.15) is 0 Å². The maximum Gasteiger partial charge on any atom is 0.317 e. The van der Waals surface area contributed by atoms with E-state index in [4.69, 9.17) is 0 Å². The first-order chi connectivity index (χ1) is 10.7. The molecule has 1 unspecified atom stereocenters. The van der Waals surface area contributed by atoms with E-state index in [-0.39, 0.29) is 18.0 Å². The molecule has 3 rings (SSSR count). The van der Waals surface area contributed by atoms with Crippen molar-refractivity contribution in [3.8, 4) is 0 Å². The molecule has 1 aromatic carbocycles. The average Bonchev–Trinajstić information content (AvgIpc) is 3.08. The molecule has 1 saturated heterocycles. The zero-order chi connectivity index (χ0) is 15.4. The lowest BCUT2D eigenvalue weighted by atomic mass is 9.87. The topological polar surface area (TPSA) is 52.6 Å². The molecule has 1 fully saturated rings. The lowest BCUT2D eigenvalue weighted by Crippen LogP contribution is -2.47. The Hall–Kier alpha value is -1.81. The summed E-state index contributed by atoms with van der Waals surface area (Å²) in [6.45, 7) is 1.45. The van der Waals surface area contributed by atoms with Crippen LogP contribution in [0.5, 0.6) is 0 Å². The summed E-state index contributed by atoms with van der Waals surface area (Å²) in [5.41, 5.74) is 0.974. The molecule has 2 N–H and O–H groups in total. The molecule has 4 heteroatoms. The number of carbonyl (C=O) groups is 1. The zero-order valence-electron chi connectivity index (χ0n) is 12.8. The first-order valence-corrected chi connectivity index (χ1v) is 8.17. The number of benzene rings is 1. The Labute approximate surface area is 131 Å². The Kier molecular flexibility index (Phi) is 4.78. The number of hydrogen-bond donors (Lipinski definition) is 2. The van der Waals surface area contributed by atoms with E-state index in [0.717, 1.165) is 44.3 Å². The lowest BCUT2D eigenvalue weighted by molar-refractivity contribution is 0.0662. The third kappa shape index (κ3) is 3.50. The highest BCUT2D eigenvalue weighted by Crippen LogP contribution is 2.30. The fraction of sp³-hybridized carbons (Fsp3) is 0.500. The maximum absolute atomic E-state index is 12.2. The second kappa shape index (κ2) is 6.97. The van der Waals surface area contributed by atoms with Gasteiger partial charge in [0.25, 0.3) is 0 Å². The highest BCUT2D eigenvalue weighted by Gasteiger charge is 2.28. The predicted molar refractivity (Wildman–Crippen MR) is 86.4 cm³/mol. The maximum atomic E-state index is 12.2. The van der Waals surface area contributed by atoms with Gasteiger partial charge in [-0.25, -0.2) is 4.79 Å². The third-order valence-corrected chi connectivity index (χ3v) is 4.75. The number of rotatable bonds is 3. The van der Waals surface area contributed by atoms with Crippen LogP contribution in [0.15, 0.2) is 42.5 Å². The largest absolute Gasteiger partial charge is 0.388 e. The van der Waals surface area contributed by atoms with Crippen molar-refractivity contribution in [3.63, 3.8) is 0 Å². The molecule has 4 nitrogen and oxygen atoms in total. The summed E-state index contributed by atoms with van der Waals surface area (Å²) in [5.74, 6) is 0.236. The SMILES string of the molecule is O=C(NC1CC=CC1)N1CCC(C(O)c2ccccc2)CC1. The monoisotopic (exact) mass is 300 g/mol. The summed E-state index contributed by atoms with van der Waals surface area (Å²) >= 11 is 0. The standard InChI is InChI=1S/C18H24N2O2/c21-17(14-6-2-1-3-7-14)15-10-12-20(13-11-15)18(22)19-16-8-4-5-9-16/h1-7,15-17,21H,8-13H2,(H,19,22). The minimum atomic E-state index is -0.426. The van der Waals surface area contributed by atoms with Crippen molar-refractivity contribution in [2.24, 2.45) is 5.92 Å². The highest BCUT2D eigenvalue weighted by atomic mass is 16.3. The van der Waals surface area contributed by atoms with Crippen LogP contribution in [-0.4, -0.2) is 35.2 Å². The molecule has 1 heterocycles. The summed E-state index contributed by atoms with van der Waals surface area (Å²) in [4.78, 5) is 14.1. The molecule has 22 heavy (non-hydrogen) atoms. The summed E-state index contributed by atoms with van der Waals surface area (Å²) < 4.78 is 0. The van der Waals surface area contributed by atoms with Crippen LogP contribution in [0.1, 0.15) is 37.4 Å². The number of aliphatic hydroxyl groups is 1. The van der Waals surface area contributed by atoms with E-state index in [1.165, 1.54) is 0 Å². The van der Waals surface area contributed by atoms with Crippen LogP contribution < -0.4 is 5.32 Å². The number of hydrogen-bond acceptors (Lipinski definition) is 2. The van der Waals surface area contributed by atoms with E-state index >= 15 is 0 Å². The zero-order valence-corrected chi connectivity index (χ0v) is 12.8. The number of piperidine rings is 1. The number of urea groups is 1. The molecule has 0 spiro atoms. The molecular formula is C18H24N2O2. The Morgan fingerprint density at radius 3 is 2.41 bits per heavy atom. The van der Waals surface area contributed by atoms with Gasteiger partial charge in [0.2, 0.25) is 0 Å². The Bertz CT molecular complexity index is 513. The van der Waals surface area contributed by atoms with Gasteiger partial charge in [-0.1, -0.05) is 42.5 Å². The van der Waals surface area contributed by atoms with Crippen LogP contribution in [0.2, 0.25) is 0 Å². The van der Waals surface area contributed by atoms with Gasteiger partial charge in [0.05, 0.1) is 6.10 Å². The van der Waals surface area contributed by atoms with E-state index in [0.29, 0.717) is 0 Å². The van der Waals surface area contributed by atoms with Crippen LogP contribution in [0.25, 0.3) is 0 Å². The van der Waals surface area contributed by atoms with E-state index in [1.807, 2.05) is 35.2 Å². The van der Waals surface area contributed by atoms with E-state index in [9.17, 15) is 9.90 Å². The van der Waals surface area contributed by atoms with E-state index in [1.54, 1.807) is 0 Å². The number of amides is 2. The Morgan fingerprint density at radius 1 is 1.14 bits per heavy atom. The second-order valence-electron chi connectivity index (χ2n) is 6.27. The molecule has 1 aromatic rings.